The number of aryl methyl sites for hydroxylation is 2. The molecule has 25 heavy (non-hydrogen) atoms. The number of carbonyl (C=O) groups excluding carboxylic acids is 1. The van der Waals surface area contributed by atoms with Gasteiger partial charge in [0.1, 0.15) is 12.4 Å². The Morgan fingerprint density at radius 3 is 2.92 bits per heavy atom. The number of likely N-dealkylation sites (tertiary alicyclic amines) is 1. The summed E-state index contributed by atoms with van der Waals surface area (Å²) < 4.78 is 11.1. The molecule has 0 aliphatic carbocycles. The third-order valence-electron chi connectivity index (χ3n) is 4.73. The van der Waals surface area contributed by atoms with Crippen LogP contribution < -0.4 is 4.74 Å². The lowest BCUT2D eigenvalue weighted by Gasteiger charge is -2.23. The van der Waals surface area contributed by atoms with Crippen LogP contribution in [0.1, 0.15) is 33.8 Å². The van der Waals surface area contributed by atoms with E-state index in [1.807, 2.05) is 39.1 Å². The van der Waals surface area contributed by atoms with Gasteiger partial charge in [-0.15, -0.1) is 0 Å². The first-order chi connectivity index (χ1) is 11.9. The van der Waals surface area contributed by atoms with Gasteiger partial charge in [0.05, 0.1) is 0 Å². The van der Waals surface area contributed by atoms with Crippen molar-refractivity contribution in [1.82, 2.24) is 15.0 Å². The van der Waals surface area contributed by atoms with Crippen LogP contribution >= 0.6 is 0 Å². The Hall–Kier alpha value is -2.34. The van der Waals surface area contributed by atoms with E-state index in [9.17, 15) is 4.79 Å². The predicted octanol–water partition coefficient (Wildman–Crippen LogP) is 2.65. The standard InChI is InChI=1S/C19H25N3O3/c1-13-5-6-14(2)18(9-13)24-12-16-10-17(20-25-16)19(23)22(4)15-7-8-21(3)11-15/h5-6,9-10,15H,7-8,11-12H2,1-4H3/t15-/m1/s1. The molecule has 134 valence electrons. The molecule has 6 heteroatoms. The Kier molecular flexibility index (Phi) is 5.08. The van der Waals surface area contributed by atoms with E-state index in [1.54, 1.807) is 11.0 Å². The molecule has 1 atom stereocenters. The van der Waals surface area contributed by atoms with Crippen LogP contribution in [-0.4, -0.2) is 54.1 Å². The summed E-state index contributed by atoms with van der Waals surface area (Å²) in [4.78, 5) is 16.6. The highest BCUT2D eigenvalue weighted by Crippen LogP contribution is 2.21. The molecule has 1 saturated heterocycles. The molecule has 1 fully saturated rings. The van der Waals surface area contributed by atoms with Gasteiger partial charge in [0.15, 0.2) is 11.5 Å². The smallest absolute Gasteiger partial charge is 0.276 e. The monoisotopic (exact) mass is 343 g/mol. The third-order valence-corrected chi connectivity index (χ3v) is 4.73. The van der Waals surface area contributed by atoms with Gasteiger partial charge in [-0.1, -0.05) is 17.3 Å². The van der Waals surface area contributed by atoms with E-state index in [1.165, 1.54) is 0 Å². The van der Waals surface area contributed by atoms with Crippen LogP contribution in [-0.2, 0) is 6.61 Å². The van der Waals surface area contributed by atoms with Gasteiger partial charge in [-0.2, -0.15) is 0 Å². The molecule has 0 bridgehead atoms. The van der Waals surface area contributed by atoms with Gasteiger partial charge in [0.2, 0.25) is 0 Å². The van der Waals surface area contributed by atoms with Gasteiger partial charge in [0.25, 0.3) is 5.91 Å². The fraction of sp³-hybridized carbons (Fsp3) is 0.474. The summed E-state index contributed by atoms with van der Waals surface area (Å²) in [6.45, 7) is 6.17. The first-order valence-electron chi connectivity index (χ1n) is 8.55. The number of hydrogen-bond acceptors (Lipinski definition) is 5. The van der Waals surface area contributed by atoms with E-state index >= 15 is 0 Å². The average Bonchev–Trinajstić information content (AvgIpc) is 3.23. The second-order valence-electron chi connectivity index (χ2n) is 6.86. The number of amides is 1. The van der Waals surface area contributed by atoms with Gasteiger partial charge in [-0.3, -0.25) is 4.79 Å². The van der Waals surface area contributed by atoms with Gasteiger partial charge in [-0.25, -0.2) is 0 Å². The number of likely N-dealkylation sites (N-methyl/N-ethyl adjacent to an activating group) is 2. The lowest BCUT2D eigenvalue weighted by molar-refractivity contribution is 0.0727. The van der Waals surface area contributed by atoms with E-state index in [4.69, 9.17) is 9.26 Å². The van der Waals surface area contributed by atoms with Crippen molar-refractivity contribution in [2.75, 3.05) is 27.2 Å². The first-order valence-corrected chi connectivity index (χ1v) is 8.55. The molecule has 1 amide bonds. The van der Waals surface area contributed by atoms with Crippen molar-refractivity contribution in [1.29, 1.82) is 0 Å². The van der Waals surface area contributed by atoms with Crippen LogP contribution in [0.5, 0.6) is 5.75 Å². The number of nitrogens with zero attached hydrogens (tertiary/aromatic N) is 3. The van der Waals surface area contributed by atoms with Crippen molar-refractivity contribution in [3.8, 4) is 5.75 Å². The molecule has 1 aromatic carbocycles. The van der Waals surface area contributed by atoms with Gasteiger partial charge in [0, 0.05) is 25.7 Å². The highest BCUT2D eigenvalue weighted by molar-refractivity contribution is 5.92. The molecular formula is C19H25N3O3. The molecule has 0 unspecified atom stereocenters. The lowest BCUT2D eigenvalue weighted by atomic mass is 10.1. The van der Waals surface area contributed by atoms with Crippen LogP contribution in [0.3, 0.4) is 0 Å². The molecule has 6 nitrogen and oxygen atoms in total. The van der Waals surface area contributed by atoms with Crippen LogP contribution in [0.2, 0.25) is 0 Å². The maximum absolute atomic E-state index is 12.6. The Morgan fingerprint density at radius 1 is 1.40 bits per heavy atom. The van der Waals surface area contributed by atoms with Crippen LogP contribution in [0.25, 0.3) is 0 Å². The number of hydrogen-bond donors (Lipinski definition) is 0. The van der Waals surface area contributed by atoms with E-state index in [0.29, 0.717) is 11.5 Å². The Morgan fingerprint density at radius 2 is 2.20 bits per heavy atom. The summed E-state index contributed by atoms with van der Waals surface area (Å²) in [7, 11) is 3.89. The highest BCUT2D eigenvalue weighted by Gasteiger charge is 2.28. The Bertz CT molecular complexity index is 756. The molecule has 3 rings (SSSR count). The fourth-order valence-corrected chi connectivity index (χ4v) is 3.07. The van der Waals surface area contributed by atoms with E-state index in [0.717, 1.165) is 36.4 Å². The van der Waals surface area contributed by atoms with Crippen molar-refractivity contribution in [3.63, 3.8) is 0 Å². The molecule has 1 aliphatic rings. The average molecular weight is 343 g/mol. The summed E-state index contributed by atoms with van der Waals surface area (Å²) in [5.74, 6) is 1.25. The SMILES string of the molecule is Cc1ccc(C)c(OCc2cc(C(=O)N(C)[C@@H]3CCN(C)C3)no2)c1. The molecule has 1 aromatic heterocycles. The van der Waals surface area contributed by atoms with Crippen LogP contribution in [0.4, 0.5) is 0 Å². The second-order valence-corrected chi connectivity index (χ2v) is 6.86. The molecule has 0 spiro atoms. The summed E-state index contributed by atoms with van der Waals surface area (Å²) >= 11 is 0. The maximum atomic E-state index is 12.6. The summed E-state index contributed by atoms with van der Waals surface area (Å²) in [6, 6.07) is 7.95. The van der Waals surface area contributed by atoms with Gasteiger partial charge in [-0.05, 0) is 51.1 Å². The van der Waals surface area contributed by atoms with Gasteiger partial charge >= 0.3 is 0 Å². The fourth-order valence-electron chi connectivity index (χ4n) is 3.07. The van der Waals surface area contributed by atoms with Crippen LogP contribution in [0, 0.1) is 13.8 Å². The molecule has 2 heterocycles. The molecular weight excluding hydrogens is 318 g/mol. The van der Waals surface area contributed by atoms with E-state index in [-0.39, 0.29) is 18.6 Å². The normalized spacial score (nSPS) is 17.7. The molecule has 1 aliphatic heterocycles. The van der Waals surface area contributed by atoms with Gasteiger partial charge < -0.3 is 19.1 Å². The summed E-state index contributed by atoms with van der Waals surface area (Å²) in [5.41, 5.74) is 2.53. The zero-order valence-electron chi connectivity index (χ0n) is 15.3. The number of ether oxygens (including phenoxy) is 1. The summed E-state index contributed by atoms with van der Waals surface area (Å²) in [6.07, 6.45) is 0.985. The zero-order chi connectivity index (χ0) is 18.0. The van der Waals surface area contributed by atoms with E-state index in [2.05, 4.69) is 17.1 Å². The highest BCUT2D eigenvalue weighted by atomic mass is 16.5. The van der Waals surface area contributed by atoms with Crippen molar-refractivity contribution >= 4 is 5.91 Å². The number of carbonyl (C=O) groups is 1. The maximum Gasteiger partial charge on any atom is 0.276 e. The van der Waals surface area contributed by atoms with Crippen molar-refractivity contribution < 1.29 is 14.1 Å². The quantitative estimate of drug-likeness (QED) is 0.835. The topological polar surface area (TPSA) is 58.8 Å². The van der Waals surface area contributed by atoms with Crippen molar-refractivity contribution in [2.24, 2.45) is 0 Å². The molecule has 0 saturated carbocycles. The third kappa shape index (κ3) is 4.02. The zero-order valence-corrected chi connectivity index (χ0v) is 15.3. The Balaban J connectivity index is 1.62. The lowest BCUT2D eigenvalue weighted by Crippen LogP contribution is -2.38. The number of rotatable bonds is 5. The largest absolute Gasteiger partial charge is 0.485 e. The minimum atomic E-state index is -0.109. The van der Waals surface area contributed by atoms with Crippen molar-refractivity contribution in [2.45, 2.75) is 32.9 Å². The van der Waals surface area contributed by atoms with Crippen molar-refractivity contribution in [3.05, 3.63) is 46.8 Å². The number of benzene rings is 1. The molecule has 0 N–H and O–H groups in total. The number of aromatic nitrogens is 1. The Labute approximate surface area is 148 Å². The minimum Gasteiger partial charge on any atom is -0.485 e. The second kappa shape index (κ2) is 7.27. The molecule has 0 radical (unpaired) electrons. The van der Waals surface area contributed by atoms with E-state index < -0.39 is 0 Å². The summed E-state index contributed by atoms with van der Waals surface area (Å²) in [5, 5.41) is 3.92. The first kappa shape index (κ1) is 17.5. The molecule has 2 aromatic rings. The minimum absolute atomic E-state index is 0.109. The predicted molar refractivity (Wildman–Crippen MR) is 94.7 cm³/mol. The van der Waals surface area contributed by atoms with Crippen LogP contribution in [0.15, 0.2) is 28.8 Å².